The van der Waals surface area contributed by atoms with E-state index in [0.717, 1.165) is 0 Å². The van der Waals surface area contributed by atoms with Crippen molar-refractivity contribution in [2.45, 2.75) is 41.4 Å². The molecule has 0 aliphatic heterocycles. The lowest BCUT2D eigenvalue weighted by Crippen LogP contribution is -2.16. The third-order valence-electron chi connectivity index (χ3n) is 4.78. The van der Waals surface area contributed by atoms with Crippen LogP contribution in [-0.4, -0.2) is 21.9 Å². The number of benzene rings is 3. The van der Waals surface area contributed by atoms with E-state index in [1.807, 2.05) is 0 Å². The molecule has 3 rings (SSSR count). The van der Waals surface area contributed by atoms with Gasteiger partial charge in [0.05, 0.1) is 15.5 Å². The van der Waals surface area contributed by atoms with E-state index < -0.39 is 19.9 Å². The Morgan fingerprint density at radius 1 is 0.833 bits per heavy atom. The molecule has 0 bridgehead atoms. The van der Waals surface area contributed by atoms with Gasteiger partial charge in [-0.05, 0) is 54.3 Å². The topological polar surface area (TPSA) is 101 Å². The molecule has 0 saturated heterocycles. The van der Waals surface area contributed by atoms with Gasteiger partial charge in [-0.25, -0.2) is 16.8 Å². The molecule has 0 aliphatic rings. The van der Waals surface area contributed by atoms with E-state index in [1.54, 1.807) is 50.2 Å². The Morgan fingerprint density at radius 3 is 1.83 bits per heavy atom. The summed E-state index contributed by atoms with van der Waals surface area (Å²) < 4.78 is 54.7. The number of phenolic OH excluding ortho intramolecular Hbond substituents is 1. The molecule has 0 aromatic heterocycles. The molecule has 0 unspecified atom stereocenters. The number of hydrogen-bond donors (Lipinski definition) is 2. The van der Waals surface area contributed by atoms with Crippen LogP contribution in [0.1, 0.15) is 30.9 Å². The Kier molecular flexibility index (Phi) is 5.92. The number of phenols is 1. The highest BCUT2D eigenvalue weighted by atomic mass is 32.2. The molecule has 3 aromatic carbocycles. The van der Waals surface area contributed by atoms with Gasteiger partial charge in [-0.15, -0.1) is 0 Å². The lowest BCUT2D eigenvalue weighted by Gasteiger charge is -2.20. The second-order valence-electron chi connectivity index (χ2n) is 7.21. The van der Waals surface area contributed by atoms with Gasteiger partial charge in [0.2, 0.25) is 9.84 Å². The quantitative estimate of drug-likeness (QED) is 0.546. The highest BCUT2D eigenvalue weighted by molar-refractivity contribution is 7.93. The minimum absolute atomic E-state index is 0.0150. The van der Waals surface area contributed by atoms with E-state index in [4.69, 9.17) is 0 Å². The van der Waals surface area contributed by atoms with Crippen LogP contribution < -0.4 is 4.72 Å². The normalized spacial score (nSPS) is 12.1. The monoisotopic (exact) mass is 445 g/mol. The molecule has 6 nitrogen and oxygen atoms in total. The summed E-state index contributed by atoms with van der Waals surface area (Å²) >= 11 is 0. The predicted octanol–water partition coefficient (Wildman–Crippen LogP) is 4.46. The van der Waals surface area contributed by atoms with Gasteiger partial charge in [0.1, 0.15) is 10.6 Å². The zero-order chi connectivity index (χ0) is 22.1. The van der Waals surface area contributed by atoms with Crippen LogP contribution >= 0.6 is 0 Å². The van der Waals surface area contributed by atoms with Crippen LogP contribution in [0, 0.1) is 6.92 Å². The van der Waals surface area contributed by atoms with Crippen molar-refractivity contribution in [3.8, 4) is 5.75 Å². The van der Waals surface area contributed by atoms with E-state index in [0.29, 0.717) is 5.56 Å². The minimum Gasteiger partial charge on any atom is -0.506 e. The first-order valence-corrected chi connectivity index (χ1v) is 12.3. The maximum Gasteiger partial charge on any atom is 0.261 e. The molecule has 158 valence electrons. The van der Waals surface area contributed by atoms with Gasteiger partial charge in [0.25, 0.3) is 10.0 Å². The van der Waals surface area contributed by atoms with E-state index in [1.165, 1.54) is 37.3 Å². The molecule has 0 saturated carbocycles. The first kappa shape index (κ1) is 21.9. The van der Waals surface area contributed by atoms with E-state index in [9.17, 15) is 21.9 Å². The minimum atomic E-state index is -4.08. The van der Waals surface area contributed by atoms with Crippen molar-refractivity contribution in [3.05, 3.63) is 77.9 Å². The Balaban J connectivity index is 2.24. The number of sulfonamides is 1. The summed E-state index contributed by atoms with van der Waals surface area (Å²) in [6.45, 7) is 5.06. The molecule has 0 atom stereocenters. The Bertz CT molecular complexity index is 1270. The van der Waals surface area contributed by atoms with Crippen LogP contribution in [0.3, 0.4) is 0 Å². The lowest BCUT2D eigenvalue weighted by atomic mass is 9.99. The van der Waals surface area contributed by atoms with Crippen molar-refractivity contribution in [1.29, 1.82) is 0 Å². The summed E-state index contributed by atoms with van der Waals surface area (Å²) in [4.78, 5) is -0.233. The average Bonchev–Trinajstić information content (AvgIpc) is 2.71. The van der Waals surface area contributed by atoms with E-state index in [-0.39, 0.29) is 37.6 Å². The van der Waals surface area contributed by atoms with Crippen molar-refractivity contribution in [3.63, 3.8) is 0 Å². The van der Waals surface area contributed by atoms with Crippen LogP contribution in [-0.2, 0) is 19.9 Å². The summed E-state index contributed by atoms with van der Waals surface area (Å²) in [5.74, 6) is -0.607. The highest BCUT2D eigenvalue weighted by Crippen LogP contribution is 2.41. The zero-order valence-corrected chi connectivity index (χ0v) is 18.5. The van der Waals surface area contributed by atoms with Crippen molar-refractivity contribution >= 4 is 25.5 Å². The first-order valence-electron chi connectivity index (χ1n) is 9.30. The van der Waals surface area contributed by atoms with Crippen LogP contribution in [0.25, 0.3) is 0 Å². The molecule has 0 radical (unpaired) electrons. The zero-order valence-electron chi connectivity index (χ0n) is 16.8. The van der Waals surface area contributed by atoms with Gasteiger partial charge in [-0.1, -0.05) is 50.2 Å². The number of sulfone groups is 1. The van der Waals surface area contributed by atoms with Gasteiger partial charge < -0.3 is 5.11 Å². The molecular formula is C22H23NO5S2. The van der Waals surface area contributed by atoms with Crippen LogP contribution in [0.5, 0.6) is 5.75 Å². The van der Waals surface area contributed by atoms with Gasteiger partial charge in [0, 0.05) is 0 Å². The predicted molar refractivity (Wildman–Crippen MR) is 116 cm³/mol. The summed E-state index contributed by atoms with van der Waals surface area (Å²) in [6, 6.07) is 17.0. The number of hydrogen-bond acceptors (Lipinski definition) is 5. The van der Waals surface area contributed by atoms with E-state index in [2.05, 4.69) is 4.72 Å². The molecule has 0 spiro atoms. The molecular weight excluding hydrogens is 422 g/mol. The fourth-order valence-corrected chi connectivity index (χ4v) is 5.93. The molecule has 0 amide bonds. The van der Waals surface area contributed by atoms with Crippen molar-refractivity contribution in [2.24, 2.45) is 0 Å². The molecule has 8 heteroatoms. The maximum absolute atomic E-state index is 13.3. The average molecular weight is 446 g/mol. The first-order chi connectivity index (χ1) is 14.1. The molecule has 2 N–H and O–H groups in total. The standard InChI is InChI=1S/C22H23NO5S2/c1-15(2)19-14-20(23-30(27,28)18-12-8-5-9-13-18)16(3)22(21(19)24)29(25,26)17-10-6-4-7-11-17/h4-15,23-24H,1-3H3. The summed E-state index contributed by atoms with van der Waals surface area (Å²) in [5.41, 5.74) is 0.566. The molecule has 3 aromatic rings. The van der Waals surface area contributed by atoms with Gasteiger partial charge in [-0.3, -0.25) is 4.72 Å². The third-order valence-corrected chi connectivity index (χ3v) is 8.09. The van der Waals surface area contributed by atoms with Gasteiger partial charge >= 0.3 is 0 Å². The van der Waals surface area contributed by atoms with Crippen molar-refractivity contribution in [1.82, 2.24) is 0 Å². The summed E-state index contributed by atoms with van der Waals surface area (Å²) in [5, 5.41) is 10.8. The molecule has 0 fully saturated rings. The third kappa shape index (κ3) is 4.06. The second kappa shape index (κ2) is 8.12. The number of aromatic hydroxyl groups is 1. The smallest absolute Gasteiger partial charge is 0.261 e. The fourth-order valence-electron chi connectivity index (χ4n) is 3.16. The van der Waals surface area contributed by atoms with Crippen LogP contribution in [0.2, 0.25) is 0 Å². The van der Waals surface area contributed by atoms with Gasteiger partial charge in [-0.2, -0.15) is 0 Å². The summed E-state index contributed by atoms with van der Waals surface area (Å²) in [7, 11) is -8.03. The second-order valence-corrected chi connectivity index (χ2v) is 10.8. The molecule has 0 aliphatic carbocycles. The number of nitrogens with one attached hydrogen (secondary N) is 1. The van der Waals surface area contributed by atoms with Crippen LogP contribution in [0.15, 0.2) is 81.4 Å². The van der Waals surface area contributed by atoms with Gasteiger partial charge in [0.15, 0.2) is 0 Å². The molecule has 0 heterocycles. The molecule has 30 heavy (non-hydrogen) atoms. The SMILES string of the molecule is Cc1c(NS(=O)(=O)c2ccccc2)cc(C(C)C)c(O)c1S(=O)(=O)c1ccccc1. The Labute approximate surface area is 177 Å². The fraction of sp³-hybridized carbons (Fsp3) is 0.182. The van der Waals surface area contributed by atoms with Crippen LogP contribution in [0.4, 0.5) is 5.69 Å². The number of rotatable bonds is 6. The lowest BCUT2D eigenvalue weighted by molar-refractivity contribution is 0.447. The maximum atomic E-state index is 13.3. The largest absolute Gasteiger partial charge is 0.506 e. The highest BCUT2D eigenvalue weighted by Gasteiger charge is 2.29. The number of anilines is 1. The summed E-state index contributed by atoms with van der Waals surface area (Å²) in [6.07, 6.45) is 0. The van der Waals surface area contributed by atoms with Crippen molar-refractivity contribution < 1.29 is 21.9 Å². The van der Waals surface area contributed by atoms with E-state index >= 15 is 0 Å². The Hall–Kier alpha value is -2.84. The Morgan fingerprint density at radius 2 is 1.33 bits per heavy atom. The van der Waals surface area contributed by atoms with Crippen molar-refractivity contribution in [2.75, 3.05) is 4.72 Å².